The van der Waals surface area contributed by atoms with Gasteiger partial charge < -0.3 is 33.7 Å². The topological polar surface area (TPSA) is 136 Å². The summed E-state index contributed by atoms with van der Waals surface area (Å²) < 4.78 is 32.6. The standard InChI is InChI=1S/C21H35NO10/c1-13(23)22-18-20(31-16(4)26)19(30-15(3)25)17(12-29-14(2)24)32-21(18)28-11-9-7-6-8-10-27-5/h17-21H,6-12H2,1-5H3,(H,22,23). The number of unbranched alkanes of at least 4 members (excludes halogenated alkanes) is 3. The lowest BCUT2D eigenvalue weighted by Crippen LogP contribution is -2.66. The predicted molar refractivity (Wildman–Crippen MR) is 110 cm³/mol. The van der Waals surface area contributed by atoms with Crippen molar-refractivity contribution in [2.45, 2.75) is 84.0 Å². The lowest BCUT2D eigenvalue weighted by atomic mass is 9.96. The summed E-state index contributed by atoms with van der Waals surface area (Å²) in [6.07, 6.45) is -0.676. The van der Waals surface area contributed by atoms with Crippen LogP contribution in [0.15, 0.2) is 0 Å². The highest BCUT2D eigenvalue weighted by molar-refractivity contribution is 5.73. The van der Waals surface area contributed by atoms with Gasteiger partial charge in [-0.3, -0.25) is 19.2 Å². The summed E-state index contributed by atoms with van der Waals surface area (Å²) in [4.78, 5) is 46.6. The van der Waals surface area contributed by atoms with Crippen molar-refractivity contribution in [3.05, 3.63) is 0 Å². The Morgan fingerprint density at radius 2 is 1.41 bits per heavy atom. The monoisotopic (exact) mass is 461 g/mol. The molecular formula is C21H35NO10. The molecule has 11 nitrogen and oxygen atoms in total. The number of hydrogen-bond acceptors (Lipinski definition) is 10. The molecule has 1 aliphatic heterocycles. The summed E-state index contributed by atoms with van der Waals surface area (Å²) in [5, 5.41) is 2.66. The molecule has 32 heavy (non-hydrogen) atoms. The highest BCUT2D eigenvalue weighted by atomic mass is 16.7. The molecule has 184 valence electrons. The van der Waals surface area contributed by atoms with Gasteiger partial charge in [0.15, 0.2) is 18.5 Å². The Hall–Kier alpha value is -2.24. The first kappa shape index (κ1) is 27.8. The molecule has 0 aromatic heterocycles. The molecule has 1 heterocycles. The Morgan fingerprint density at radius 3 is 1.94 bits per heavy atom. The minimum atomic E-state index is -1.12. The first-order valence-electron chi connectivity index (χ1n) is 10.7. The zero-order chi connectivity index (χ0) is 24.1. The number of amides is 1. The van der Waals surface area contributed by atoms with E-state index in [1.807, 2.05) is 0 Å². The van der Waals surface area contributed by atoms with Crippen LogP contribution in [-0.2, 0) is 47.6 Å². The molecule has 0 bridgehead atoms. The first-order chi connectivity index (χ1) is 15.1. The predicted octanol–water partition coefficient (Wildman–Crippen LogP) is 0.866. The van der Waals surface area contributed by atoms with Crippen molar-refractivity contribution in [1.82, 2.24) is 5.32 Å². The van der Waals surface area contributed by atoms with E-state index in [-0.39, 0.29) is 6.61 Å². The summed E-state index contributed by atoms with van der Waals surface area (Å²) in [7, 11) is 1.65. The van der Waals surface area contributed by atoms with Crippen LogP contribution < -0.4 is 5.32 Å². The van der Waals surface area contributed by atoms with Gasteiger partial charge in [0.05, 0.1) is 0 Å². The number of carbonyl (C=O) groups is 4. The SMILES string of the molecule is COCCCCCCOC1OC(COC(C)=O)C(OC(C)=O)C(OC(C)=O)C1NC(C)=O. The zero-order valence-corrected chi connectivity index (χ0v) is 19.4. The van der Waals surface area contributed by atoms with Crippen LogP contribution in [0.3, 0.4) is 0 Å². The van der Waals surface area contributed by atoms with Crippen LogP contribution in [0.2, 0.25) is 0 Å². The molecule has 0 aromatic rings. The van der Waals surface area contributed by atoms with E-state index < -0.39 is 54.5 Å². The largest absolute Gasteiger partial charge is 0.463 e. The second kappa shape index (κ2) is 14.8. The fourth-order valence-electron chi connectivity index (χ4n) is 3.33. The Bertz CT molecular complexity index is 626. The molecule has 1 amide bonds. The quantitative estimate of drug-likeness (QED) is 0.239. The molecule has 0 spiro atoms. The third-order valence-corrected chi connectivity index (χ3v) is 4.60. The maximum absolute atomic E-state index is 11.8. The van der Waals surface area contributed by atoms with Gasteiger partial charge in [0.25, 0.3) is 0 Å². The van der Waals surface area contributed by atoms with Crippen molar-refractivity contribution in [2.75, 3.05) is 26.9 Å². The average Bonchev–Trinajstić information content (AvgIpc) is 2.68. The van der Waals surface area contributed by atoms with Gasteiger partial charge in [-0.2, -0.15) is 0 Å². The summed E-state index contributed by atoms with van der Waals surface area (Å²) in [6, 6.07) is -0.942. The van der Waals surface area contributed by atoms with Crippen LogP contribution in [-0.4, -0.2) is 81.4 Å². The van der Waals surface area contributed by atoms with E-state index in [1.165, 1.54) is 27.7 Å². The number of hydrogen-bond donors (Lipinski definition) is 1. The van der Waals surface area contributed by atoms with E-state index in [4.69, 9.17) is 28.4 Å². The zero-order valence-electron chi connectivity index (χ0n) is 19.4. The normalized spacial score (nSPS) is 25.0. The molecule has 5 unspecified atom stereocenters. The fourth-order valence-corrected chi connectivity index (χ4v) is 3.33. The van der Waals surface area contributed by atoms with Gasteiger partial charge in [-0.1, -0.05) is 12.8 Å². The van der Waals surface area contributed by atoms with Crippen molar-refractivity contribution >= 4 is 23.8 Å². The number of carbonyl (C=O) groups excluding carboxylic acids is 4. The van der Waals surface area contributed by atoms with E-state index >= 15 is 0 Å². The maximum Gasteiger partial charge on any atom is 0.303 e. The van der Waals surface area contributed by atoms with Gasteiger partial charge in [0.2, 0.25) is 5.91 Å². The molecule has 1 aliphatic rings. The molecule has 0 aliphatic carbocycles. The van der Waals surface area contributed by atoms with Crippen molar-refractivity contribution in [2.24, 2.45) is 0 Å². The van der Waals surface area contributed by atoms with Crippen molar-refractivity contribution in [3.8, 4) is 0 Å². The van der Waals surface area contributed by atoms with E-state index in [0.717, 1.165) is 25.7 Å². The molecule has 1 N–H and O–H groups in total. The number of rotatable bonds is 13. The van der Waals surface area contributed by atoms with E-state index in [2.05, 4.69) is 5.32 Å². The summed E-state index contributed by atoms with van der Waals surface area (Å²) in [5.74, 6) is -2.27. The Labute approximate surface area is 188 Å². The van der Waals surface area contributed by atoms with Crippen LogP contribution in [0.4, 0.5) is 0 Å². The van der Waals surface area contributed by atoms with Crippen LogP contribution >= 0.6 is 0 Å². The van der Waals surface area contributed by atoms with Gasteiger partial charge in [-0.25, -0.2) is 0 Å². The van der Waals surface area contributed by atoms with Crippen molar-refractivity contribution in [3.63, 3.8) is 0 Å². The fraction of sp³-hybridized carbons (Fsp3) is 0.810. The van der Waals surface area contributed by atoms with Gasteiger partial charge in [-0.15, -0.1) is 0 Å². The summed E-state index contributed by atoms with van der Waals surface area (Å²) >= 11 is 0. The van der Waals surface area contributed by atoms with Gasteiger partial charge >= 0.3 is 17.9 Å². The minimum Gasteiger partial charge on any atom is -0.463 e. The van der Waals surface area contributed by atoms with E-state index in [9.17, 15) is 19.2 Å². The number of methoxy groups -OCH3 is 1. The lowest BCUT2D eigenvalue weighted by molar-refractivity contribution is -0.277. The Kier molecular flexibility index (Phi) is 12.8. The van der Waals surface area contributed by atoms with Gasteiger partial charge in [0, 0.05) is 48.0 Å². The lowest BCUT2D eigenvalue weighted by Gasteiger charge is -2.44. The van der Waals surface area contributed by atoms with Crippen LogP contribution in [0, 0.1) is 0 Å². The first-order valence-corrected chi connectivity index (χ1v) is 10.7. The maximum atomic E-state index is 11.8. The number of ether oxygens (including phenoxy) is 6. The van der Waals surface area contributed by atoms with E-state index in [0.29, 0.717) is 13.2 Å². The molecule has 1 fully saturated rings. The molecule has 0 aromatic carbocycles. The molecule has 1 saturated heterocycles. The van der Waals surface area contributed by atoms with Crippen molar-refractivity contribution < 1.29 is 47.6 Å². The summed E-state index contributed by atoms with van der Waals surface area (Å²) in [6.45, 7) is 5.66. The Balaban J connectivity index is 3.01. The molecular weight excluding hydrogens is 426 g/mol. The molecule has 1 rings (SSSR count). The van der Waals surface area contributed by atoms with Crippen LogP contribution in [0.25, 0.3) is 0 Å². The smallest absolute Gasteiger partial charge is 0.303 e. The molecule has 0 saturated carbocycles. The van der Waals surface area contributed by atoms with Crippen molar-refractivity contribution in [1.29, 1.82) is 0 Å². The average molecular weight is 462 g/mol. The molecule has 5 atom stereocenters. The minimum absolute atomic E-state index is 0.255. The second-order valence-electron chi connectivity index (χ2n) is 7.50. The number of esters is 3. The summed E-state index contributed by atoms with van der Waals surface area (Å²) in [5.41, 5.74) is 0. The highest BCUT2D eigenvalue weighted by Crippen LogP contribution is 2.28. The molecule has 11 heteroatoms. The third kappa shape index (κ3) is 10.4. The Morgan fingerprint density at radius 1 is 0.812 bits per heavy atom. The van der Waals surface area contributed by atoms with Crippen LogP contribution in [0.5, 0.6) is 0 Å². The number of nitrogens with one attached hydrogen (secondary N) is 1. The van der Waals surface area contributed by atoms with Crippen LogP contribution in [0.1, 0.15) is 53.4 Å². The highest BCUT2D eigenvalue weighted by Gasteiger charge is 2.51. The second-order valence-corrected chi connectivity index (χ2v) is 7.50. The van der Waals surface area contributed by atoms with E-state index in [1.54, 1.807) is 7.11 Å². The molecule has 0 radical (unpaired) electrons. The third-order valence-electron chi connectivity index (χ3n) is 4.60. The van der Waals surface area contributed by atoms with Gasteiger partial charge in [0.1, 0.15) is 18.8 Å². The van der Waals surface area contributed by atoms with Gasteiger partial charge in [-0.05, 0) is 12.8 Å².